The minimum atomic E-state index is -0.235. The molecule has 1 aromatic carbocycles. The van der Waals surface area contributed by atoms with E-state index in [2.05, 4.69) is 9.97 Å². The molecule has 0 bridgehead atoms. The Kier molecular flexibility index (Phi) is 2.72. The maximum absolute atomic E-state index is 12.8. The molecule has 0 radical (unpaired) electrons. The molecule has 3 aromatic rings. The molecule has 0 fully saturated rings. The Morgan fingerprint density at radius 3 is 2.67 bits per heavy atom. The molecule has 2 aromatic heterocycles. The van der Waals surface area contributed by atoms with Crippen molar-refractivity contribution in [2.45, 2.75) is 6.54 Å². The largest absolute Gasteiger partial charge is 0.328 e. The SMILES string of the molecule is Fc1ccc(Cn2ccc3c(Cl)ncnc32)cc1. The van der Waals surface area contributed by atoms with Gasteiger partial charge in [0, 0.05) is 12.7 Å². The molecule has 0 aliphatic rings. The fraction of sp³-hybridized carbons (Fsp3) is 0.0769. The molecule has 0 amide bonds. The second-order valence-electron chi connectivity index (χ2n) is 3.97. The number of aromatic nitrogens is 3. The lowest BCUT2D eigenvalue weighted by Crippen LogP contribution is -1.99. The highest BCUT2D eigenvalue weighted by atomic mass is 35.5. The Hall–Kier alpha value is -1.94. The smallest absolute Gasteiger partial charge is 0.145 e. The number of rotatable bonds is 2. The zero-order valence-electron chi connectivity index (χ0n) is 9.35. The van der Waals surface area contributed by atoms with E-state index in [1.165, 1.54) is 18.5 Å². The van der Waals surface area contributed by atoms with Crippen LogP contribution in [-0.4, -0.2) is 14.5 Å². The molecule has 0 spiro atoms. The van der Waals surface area contributed by atoms with Crippen LogP contribution in [0.4, 0.5) is 4.39 Å². The van der Waals surface area contributed by atoms with E-state index in [9.17, 15) is 4.39 Å². The first-order valence-corrected chi connectivity index (χ1v) is 5.81. The molecule has 2 heterocycles. The number of halogens is 2. The molecule has 3 rings (SSSR count). The summed E-state index contributed by atoms with van der Waals surface area (Å²) >= 11 is 5.98. The fourth-order valence-corrected chi connectivity index (χ4v) is 2.08. The lowest BCUT2D eigenvalue weighted by atomic mass is 10.2. The molecule has 0 saturated heterocycles. The zero-order valence-corrected chi connectivity index (χ0v) is 10.1. The van der Waals surface area contributed by atoms with Crippen molar-refractivity contribution < 1.29 is 4.39 Å². The van der Waals surface area contributed by atoms with E-state index in [0.717, 1.165) is 16.6 Å². The van der Waals surface area contributed by atoms with Crippen molar-refractivity contribution in [3.63, 3.8) is 0 Å². The van der Waals surface area contributed by atoms with E-state index in [1.54, 1.807) is 12.1 Å². The van der Waals surface area contributed by atoms with Crippen molar-refractivity contribution in [1.29, 1.82) is 0 Å². The molecule has 0 aliphatic heterocycles. The molecular formula is C13H9ClFN3. The lowest BCUT2D eigenvalue weighted by molar-refractivity contribution is 0.626. The maximum Gasteiger partial charge on any atom is 0.145 e. The predicted octanol–water partition coefficient (Wildman–Crippen LogP) is 3.27. The van der Waals surface area contributed by atoms with Crippen LogP contribution in [0.1, 0.15) is 5.56 Å². The Balaban J connectivity index is 2.00. The summed E-state index contributed by atoms with van der Waals surface area (Å²) in [5.41, 5.74) is 1.78. The van der Waals surface area contributed by atoms with Gasteiger partial charge in [-0.05, 0) is 23.8 Å². The van der Waals surface area contributed by atoms with Gasteiger partial charge in [0.05, 0.1) is 5.39 Å². The summed E-state index contributed by atoms with van der Waals surface area (Å²) < 4.78 is 14.8. The highest BCUT2D eigenvalue weighted by Crippen LogP contribution is 2.20. The van der Waals surface area contributed by atoms with E-state index in [4.69, 9.17) is 11.6 Å². The third kappa shape index (κ3) is 1.95. The van der Waals surface area contributed by atoms with Crippen molar-refractivity contribution >= 4 is 22.6 Å². The molecule has 0 unspecified atom stereocenters. The molecule has 90 valence electrons. The van der Waals surface area contributed by atoms with Crippen LogP contribution < -0.4 is 0 Å². The maximum atomic E-state index is 12.8. The van der Waals surface area contributed by atoms with Gasteiger partial charge >= 0.3 is 0 Å². The summed E-state index contributed by atoms with van der Waals surface area (Å²) in [6, 6.07) is 8.28. The standard InChI is InChI=1S/C13H9ClFN3/c14-12-11-5-6-18(13(11)17-8-16-12)7-9-1-3-10(15)4-2-9/h1-6,8H,7H2. The summed E-state index contributed by atoms with van der Waals surface area (Å²) in [6.07, 6.45) is 3.33. The minimum Gasteiger partial charge on any atom is -0.328 e. The molecule has 0 atom stereocenters. The van der Waals surface area contributed by atoms with Crippen molar-refractivity contribution in [2.24, 2.45) is 0 Å². The molecule has 18 heavy (non-hydrogen) atoms. The first kappa shape index (κ1) is 11.2. The van der Waals surface area contributed by atoms with E-state index in [0.29, 0.717) is 11.7 Å². The van der Waals surface area contributed by atoms with Gasteiger partial charge in [-0.15, -0.1) is 0 Å². The van der Waals surface area contributed by atoms with E-state index < -0.39 is 0 Å². The van der Waals surface area contributed by atoms with E-state index in [1.807, 2.05) is 16.8 Å². The van der Waals surface area contributed by atoms with Crippen molar-refractivity contribution in [1.82, 2.24) is 14.5 Å². The summed E-state index contributed by atoms with van der Waals surface area (Å²) in [7, 11) is 0. The number of hydrogen-bond acceptors (Lipinski definition) is 2. The number of nitrogens with zero attached hydrogens (tertiary/aromatic N) is 3. The van der Waals surface area contributed by atoms with Gasteiger partial charge in [0.1, 0.15) is 22.9 Å². The summed E-state index contributed by atoms with van der Waals surface area (Å²) in [5.74, 6) is -0.235. The van der Waals surface area contributed by atoms with Crippen LogP contribution in [0, 0.1) is 5.82 Å². The van der Waals surface area contributed by atoms with Gasteiger partial charge in [-0.2, -0.15) is 0 Å². The van der Waals surface area contributed by atoms with Crippen LogP contribution in [-0.2, 0) is 6.54 Å². The molecule has 0 saturated carbocycles. The average molecular weight is 262 g/mol. The van der Waals surface area contributed by atoms with Crippen molar-refractivity contribution in [3.05, 3.63) is 59.4 Å². The van der Waals surface area contributed by atoms with Crippen molar-refractivity contribution in [3.8, 4) is 0 Å². The topological polar surface area (TPSA) is 30.7 Å². The lowest BCUT2D eigenvalue weighted by Gasteiger charge is -2.04. The Bertz CT molecular complexity index is 691. The Morgan fingerprint density at radius 1 is 1.11 bits per heavy atom. The molecular weight excluding hydrogens is 253 g/mol. The minimum absolute atomic E-state index is 0.235. The average Bonchev–Trinajstić information content (AvgIpc) is 2.77. The first-order valence-electron chi connectivity index (χ1n) is 5.44. The Morgan fingerprint density at radius 2 is 1.89 bits per heavy atom. The normalized spacial score (nSPS) is 11.0. The van der Waals surface area contributed by atoms with Crippen LogP contribution in [0.15, 0.2) is 42.9 Å². The van der Waals surface area contributed by atoms with Crippen LogP contribution in [0.2, 0.25) is 5.15 Å². The highest BCUT2D eigenvalue weighted by Gasteiger charge is 2.06. The van der Waals surface area contributed by atoms with Crippen LogP contribution >= 0.6 is 11.6 Å². The predicted molar refractivity (Wildman–Crippen MR) is 68.0 cm³/mol. The monoisotopic (exact) mass is 261 g/mol. The summed E-state index contributed by atoms with van der Waals surface area (Å²) in [4.78, 5) is 8.14. The third-order valence-electron chi connectivity index (χ3n) is 2.77. The molecule has 3 nitrogen and oxygen atoms in total. The van der Waals surface area contributed by atoms with Gasteiger partial charge in [-0.25, -0.2) is 14.4 Å². The van der Waals surface area contributed by atoms with Gasteiger partial charge in [0.2, 0.25) is 0 Å². The highest BCUT2D eigenvalue weighted by molar-refractivity contribution is 6.33. The van der Waals surface area contributed by atoms with Gasteiger partial charge in [0.15, 0.2) is 0 Å². The first-order chi connectivity index (χ1) is 8.74. The zero-order chi connectivity index (χ0) is 12.5. The van der Waals surface area contributed by atoms with Gasteiger partial charge in [-0.1, -0.05) is 23.7 Å². The molecule has 0 N–H and O–H groups in total. The van der Waals surface area contributed by atoms with Crippen LogP contribution in [0.3, 0.4) is 0 Å². The summed E-state index contributed by atoms with van der Waals surface area (Å²) in [5, 5.41) is 1.26. The second-order valence-corrected chi connectivity index (χ2v) is 4.33. The number of benzene rings is 1. The number of fused-ring (bicyclic) bond motifs is 1. The van der Waals surface area contributed by atoms with Gasteiger partial charge in [0.25, 0.3) is 0 Å². The van der Waals surface area contributed by atoms with Gasteiger partial charge < -0.3 is 4.57 Å². The third-order valence-corrected chi connectivity index (χ3v) is 3.07. The van der Waals surface area contributed by atoms with E-state index in [-0.39, 0.29) is 5.82 Å². The molecule has 5 heteroatoms. The number of hydrogen-bond donors (Lipinski definition) is 0. The van der Waals surface area contributed by atoms with Crippen molar-refractivity contribution in [2.75, 3.05) is 0 Å². The quantitative estimate of drug-likeness (QED) is 0.663. The van der Waals surface area contributed by atoms with Crippen LogP contribution in [0.5, 0.6) is 0 Å². The fourth-order valence-electron chi connectivity index (χ4n) is 1.89. The van der Waals surface area contributed by atoms with E-state index >= 15 is 0 Å². The summed E-state index contributed by atoms with van der Waals surface area (Å²) in [6.45, 7) is 0.622. The van der Waals surface area contributed by atoms with Gasteiger partial charge in [-0.3, -0.25) is 0 Å². The van der Waals surface area contributed by atoms with Crippen LogP contribution in [0.25, 0.3) is 11.0 Å². The molecule has 0 aliphatic carbocycles. The Labute approximate surface area is 108 Å². The second kappa shape index (κ2) is 4.38.